The van der Waals surface area contributed by atoms with Gasteiger partial charge in [0.1, 0.15) is 23.2 Å². The summed E-state index contributed by atoms with van der Waals surface area (Å²) in [6.45, 7) is 3.69. The Labute approximate surface area is 172 Å². The maximum Gasteiger partial charge on any atom is 0.349 e. The molecule has 0 saturated carbocycles. The molecule has 0 aliphatic rings. The number of ether oxygens (including phenoxy) is 2. The Hall–Kier alpha value is -3.37. The number of nitriles is 1. The molecule has 1 N–H and O–H groups in total. The largest absolute Gasteiger partial charge is 0.494 e. The van der Waals surface area contributed by atoms with Gasteiger partial charge in [0.15, 0.2) is 6.10 Å². The van der Waals surface area contributed by atoms with E-state index in [0.717, 1.165) is 6.07 Å². The van der Waals surface area contributed by atoms with Crippen molar-refractivity contribution in [2.75, 3.05) is 11.9 Å². The van der Waals surface area contributed by atoms with Crippen LogP contribution in [0.5, 0.6) is 5.75 Å². The average molecular weight is 417 g/mol. The standard InChI is InChI=1S/C21H18ClFN2O4/c1-3-28-17-7-4-14(5-8-17)10-15(12-24)21(27)29-13(2)20(26)25-19-9-6-16(22)11-18(19)23/h4-11,13H,3H2,1-2H3,(H,25,26)/b15-10+/t13-/m0/s1. The number of nitrogens with zero attached hydrogens (tertiary/aromatic N) is 1. The van der Waals surface area contributed by atoms with E-state index in [9.17, 15) is 19.2 Å². The number of nitrogens with one attached hydrogen (secondary N) is 1. The molecule has 0 heterocycles. The normalized spacial score (nSPS) is 11.9. The molecule has 1 atom stereocenters. The van der Waals surface area contributed by atoms with E-state index < -0.39 is 23.8 Å². The van der Waals surface area contributed by atoms with Gasteiger partial charge in [0.2, 0.25) is 0 Å². The van der Waals surface area contributed by atoms with Gasteiger partial charge in [-0.25, -0.2) is 9.18 Å². The quantitative estimate of drug-likeness (QED) is 0.411. The molecule has 2 rings (SSSR count). The van der Waals surface area contributed by atoms with Crippen molar-refractivity contribution in [3.63, 3.8) is 0 Å². The number of benzene rings is 2. The number of carbonyl (C=O) groups excluding carboxylic acids is 2. The van der Waals surface area contributed by atoms with Crippen LogP contribution in [-0.4, -0.2) is 24.6 Å². The number of amides is 1. The van der Waals surface area contributed by atoms with Crippen LogP contribution in [0.3, 0.4) is 0 Å². The van der Waals surface area contributed by atoms with E-state index in [1.54, 1.807) is 30.3 Å². The van der Waals surface area contributed by atoms with Gasteiger partial charge < -0.3 is 14.8 Å². The molecule has 0 unspecified atom stereocenters. The zero-order valence-electron chi connectivity index (χ0n) is 15.7. The Balaban J connectivity index is 2.03. The van der Waals surface area contributed by atoms with Crippen LogP contribution in [0.15, 0.2) is 48.0 Å². The molecule has 0 aliphatic carbocycles. The van der Waals surface area contributed by atoms with Gasteiger partial charge in [0.05, 0.1) is 12.3 Å². The summed E-state index contributed by atoms with van der Waals surface area (Å²) in [6, 6.07) is 12.2. The molecular weight excluding hydrogens is 399 g/mol. The molecule has 6 nitrogen and oxygen atoms in total. The molecule has 0 aromatic heterocycles. The summed E-state index contributed by atoms with van der Waals surface area (Å²) in [5, 5.41) is 11.7. The fourth-order valence-electron chi connectivity index (χ4n) is 2.23. The van der Waals surface area contributed by atoms with Gasteiger partial charge in [0, 0.05) is 5.02 Å². The van der Waals surface area contributed by atoms with Crippen LogP contribution in [0.2, 0.25) is 5.02 Å². The summed E-state index contributed by atoms with van der Waals surface area (Å²) in [5.74, 6) is -1.79. The Morgan fingerprint density at radius 1 is 1.28 bits per heavy atom. The maximum absolute atomic E-state index is 13.8. The first kappa shape index (κ1) is 21.9. The van der Waals surface area contributed by atoms with E-state index in [2.05, 4.69) is 5.32 Å². The predicted molar refractivity (Wildman–Crippen MR) is 107 cm³/mol. The topological polar surface area (TPSA) is 88.4 Å². The monoisotopic (exact) mass is 416 g/mol. The van der Waals surface area contributed by atoms with Gasteiger partial charge in [-0.2, -0.15) is 5.26 Å². The smallest absolute Gasteiger partial charge is 0.349 e. The zero-order chi connectivity index (χ0) is 21.4. The maximum atomic E-state index is 13.8. The predicted octanol–water partition coefficient (Wildman–Crippen LogP) is 4.36. The Bertz CT molecular complexity index is 968. The first-order chi connectivity index (χ1) is 13.8. The van der Waals surface area contributed by atoms with Crippen molar-refractivity contribution in [1.29, 1.82) is 5.26 Å². The molecule has 0 bridgehead atoms. The molecule has 2 aromatic carbocycles. The second kappa shape index (κ2) is 10.2. The van der Waals surface area contributed by atoms with Crippen molar-refractivity contribution < 1.29 is 23.5 Å². The first-order valence-electron chi connectivity index (χ1n) is 8.65. The van der Waals surface area contributed by atoms with E-state index in [4.69, 9.17) is 21.1 Å². The number of hydrogen-bond donors (Lipinski definition) is 1. The highest BCUT2D eigenvalue weighted by Gasteiger charge is 2.21. The lowest BCUT2D eigenvalue weighted by Crippen LogP contribution is -2.30. The van der Waals surface area contributed by atoms with Crippen LogP contribution in [-0.2, 0) is 14.3 Å². The molecule has 2 aromatic rings. The Kier molecular flexibility index (Phi) is 7.75. The minimum Gasteiger partial charge on any atom is -0.494 e. The van der Waals surface area contributed by atoms with E-state index in [-0.39, 0.29) is 16.3 Å². The lowest BCUT2D eigenvalue weighted by molar-refractivity contribution is -0.148. The van der Waals surface area contributed by atoms with E-state index >= 15 is 0 Å². The molecule has 0 radical (unpaired) electrons. The van der Waals surface area contributed by atoms with Crippen molar-refractivity contribution in [3.05, 3.63) is 64.4 Å². The van der Waals surface area contributed by atoms with Gasteiger partial charge in [-0.1, -0.05) is 23.7 Å². The molecule has 29 heavy (non-hydrogen) atoms. The van der Waals surface area contributed by atoms with Gasteiger partial charge in [-0.3, -0.25) is 4.79 Å². The third kappa shape index (κ3) is 6.33. The fourth-order valence-corrected chi connectivity index (χ4v) is 2.39. The lowest BCUT2D eigenvalue weighted by atomic mass is 10.1. The highest BCUT2D eigenvalue weighted by molar-refractivity contribution is 6.30. The minimum atomic E-state index is -1.25. The molecule has 0 saturated heterocycles. The second-order valence-electron chi connectivity index (χ2n) is 5.83. The number of rotatable bonds is 7. The summed E-state index contributed by atoms with van der Waals surface area (Å²) in [6.07, 6.45) is 0.0799. The number of halogens is 2. The van der Waals surface area contributed by atoms with Crippen molar-refractivity contribution in [1.82, 2.24) is 0 Å². The number of carbonyl (C=O) groups is 2. The van der Waals surface area contributed by atoms with E-state index in [1.165, 1.54) is 25.1 Å². The third-order valence-corrected chi connectivity index (χ3v) is 3.92. The zero-order valence-corrected chi connectivity index (χ0v) is 16.5. The SMILES string of the molecule is CCOc1ccc(/C=C(\C#N)C(=O)O[C@@H](C)C(=O)Nc2ccc(Cl)cc2F)cc1. The second-order valence-corrected chi connectivity index (χ2v) is 6.27. The summed E-state index contributed by atoms with van der Waals surface area (Å²) in [5.41, 5.74) is 0.196. The van der Waals surface area contributed by atoms with E-state index in [1.807, 2.05) is 6.92 Å². The highest BCUT2D eigenvalue weighted by atomic mass is 35.5. The molecule has 0 fully saturated rings. The minimum absolute atomic E-state index is 0.104. The van der Waals surface area contributed by atoms with Crippen molar-refractivity contribution in [3.8, 4) is 11.8 Å². The van der Waals surface area contributed by atoms with Gasteiger partial charge in [-0.05, 0) is 55.8 Å². The fraction of sp³-hybridized carbons (Fsp3) is 0.190. The van der Waals surface area contributed by atoms with Crippen LogP contribution in [0.4, 0.5) is 10.1 Å². The van der Waals surface area contributed by atoms with Gasteiger partial charge >= 0.3 is 5.97 Å². The summed E-state index contributed by atoms with van der Waals surface area (Å²) in [4.78, 5) is 24.4. The molecule has 0 spiro atoms. The average Bonchev–Trinajstić information content (AvgIpc) is 2.69. The van der Waals surface area contributed by atoms with Crippen LogP contribution in [0.25, 0.3) is 6.08 Å². The highest BCUT2D eigenvalue weighted by Crippen LogP contribution is 2.19. The van der Waals surface area contributed by atoms with Crippen LogP contribution in [0, 0.1) is 17.1 Å². The number of anilines is 1. The molecular formula is C21H18ClFN2O4. The van der Waals surface area contributed by atoms with Crippen molar-refractivity contribution in [2.45, 2.75) is 20.0 Å². The molecule has 0 aliphatic heterocycles. The van der Waals surface area contributed by atoms with Crippen molar-refractivity contribution in [2.24, 2.45) is 0 Å². The number of hydrogen-bond acceptors (Lipinski definition) is 5. The summed E-state index contributed by atoms with van der Waals surface area (Å²) < 4.78 is 24.1. The third-order valence-electron chi connectivity index (χ3n) is 3.68. The Morgan fingerprint density at radius 3 is 2.55 bits per heavy atom. The van der Waals surface area contributed by atoms with Gasteiger partial charge in [-0.15, -0.1) is 0 Å². The van der Waals surface area contributed by atoms with Crippen LogP contribution < -0.4 is 10.1 Å². The molecule has 8 heteroatoms. The molecule has 1 amide bonds. The van der Waals surface area contributed by atoms with Crippen LogP contribution in [0.1, 0.15) is 19.4 Å². The van der Waals surface area contributed by atoms with Crippen molar-refractivity contribution >= 4 is 35.2 Å². The van der Waals surface area contributed by atoms with Crippen LogP contribution >= 0.6 is 11.6 Å². The first-order valence-corrected chi connectivity index (χ1v) is 9.03. The Morgan fingerprint density at radius 2 is 1.97 bits per heavy atom. The summed E-state index contributed by atoms with van der Waals surface area (Å²) in [7, 11) is 0. The van der Waals surface area contributed by atoms with E-state index in [0.29, 0.717) is 17.9 Å². The molecule has 150 valence electrons. The lowest BCUT2D eigenvalue weighted by Gasteiger charge is -2.13. The van der Waals surface area contributed by atoms with Gasteiger partial charge in [0.25, 0.3) is 5.91 Å². The number of esters is 1. The summed E-state index contributed by atoms with van der Waals surface area (Å²) >= 11 is 5.66.